The van der Waals surface area contributed by atoms with Crippen molar-refractivity contribution in [3.63, 3.8) is 0 Å². The van der Waals surface area contributed by atoms with Crippen molar-refractivity contribution < 1.29 is 8.85 Å². The minimum Gasteiger partial charge on any atom is -0.397 e. The zero-order valence-corrected chi connectivity index (χ0v) is 11.8. The second-order valence-electron chi connectivity index (χ2n) is 4.25. The van der Waals surface area contributed by atoms with E-state index in [0.29, 0.717) is 5.92 Å². The summed E-state index contributed by atoms with van der Waals surface area (Å²) in [5.41, 5.74) is 4.08. The fourth-order valence-electron chi connectivity index (χ4n) is 1.90. The highest BCUT2D eigenvalue weighted by Crippen LogP contribution is 2.25. The first-order chi connectivity index (χ1) is 7.58. The lowest BCUT2D eigenvalue weighted by molar-refractivity contribution is 0.275. The summed E-state index contributed by atoms with van der Waals surface area (Å²) in [6.07, 6.45) is 0. The van der Waals surface area contributed by atoms with Crippen molar-refractivity contribution in [1.82, 2.24) is 0 Å². The van der Waals surface area contributed by atoms with Gasteiger partial charge in [0, 0.05) is 14.2 Å². The van der Waals surface area contributed by atoms with Crippen LogP contribution in [-0.2, 0) is 8.85 Å². The molecule has 1 aromatic carbocycles. The molecule has 0 amide bonds. The molecule has 2 nitrogen and oxygen atoms in total. The molecule has 1 rings (SSSR count). The van der Waals surface area contributed by atoms with E-state index in [-0.39, 0.29) is 0 Å². The molecule has 0 bridgehead atoms. The molecule has 0 aliphatic rings. The Morgan fingerprint density at radius 1 is 1.19 bits per heavy atom. The summed E-state index contributed by atoms with van der Waals surface area (Å²) in [5, 5.41) is 0. The Kier molecular flexibility index (Phi) is 5.18. The Bertz CT molecular complexity index is 335. The summed E-state index contributed by atoms with van der Waals surface area (Å²) in [4.78, 5) is 0. The van der Waals surface area contributed by atoms with Gasteiger partial charge in [-0.1, -0.05) is 30.7 Å². The Hall–Kier alpha value is -0.643. The number of benzene rings is 1. The van der Waals surface area contributed by atoms with Crippen LogP contribution < -0.4 is 0 Å². The van der Waals surface area contributed by atoms with Crippen molar-refractivity contribution in [3.8, 4) is 0 Å². The quantitative estimate of drug-likeness (QED) is 0.732. The monoisotopic (exact) mass is 237 g/mol. The molecule has 0 spiro atoms. The van der Waals surface area contributed by atoms with E-state index in [2.05, 4.69) is 39.0 Å². The van der Waals surface area contributed by atoms with Gasteiger partial charge in [0.2, 0.25) is 0 Å². The average molecular weight is 237 g/mol. The number of aryl methyl sites for hydroxylation is 2. The molecule has 1 unspecified atom stereocenters. The Labute approximate surface area is 100 Å². The van der Waals surface area contributed by atoms with Crippen molar-refractivity contribution in [1.29, 1.82) is 0 Å². The predicted octanol–water partition coefficient (Wildman–Crippen LogP) is 3.19. The first-order valence-corrected chi connectivity index (χ1v) is 7.11. The lowest BCUT2D eigenvalue weighted by Crippen LogP contribution is -2.21. The van der Waals surface area contributed by atoms with Crippen molar-refractivity contribution in [2.75, 3.05) is 14.2 Å². The molecule has 3 heteroatoms. The van der Waals surface area contributed by atoms with Gasteiger partial charge in [0.15, 0.2) is 0 Å². The van der Waals surface area contributed by atoms with Gasteiger partial charge in [-0.15, -0.1) is 0 Å². The van der Waals surface area contributed by atoms with Crippen molar-refractivity contribution >= 4 is 9.28 Å². The molecule has 89 valence electrons. The molecule has 0 saturated carbocycles. The molecule has 0 heterocycles. The second kappa shape index (κ2) is 6.18. The minimum absolute atomic E-state index is 0.494. The Morgan fingerprint density at radius 3 is 2.38 bits per heavy atom. The van der Waals surface area contributed by atoms with Gasteiger partial charge in [-0.2, -0.15) is 0 Å². The van der Waals surface area contributed by atoms with Crippen LogP contribution in [-0.4, -0.2) is 23.5 Å². The zero-order chi connectivity index (χ0) is 12.1. The van der Waals surface area contributed by atoms with Crippen molar-refractivity contribution in [2.45, 2.75) is 32.7 Å². The van der Waals surface area contributed by atoms with Crippen LogP contribution in [0.25, 0.3) is 0 Å². The first-order valence-electron chi connectivity index (χ1n) is 5.59. The smallest absolute Gasteiger partial charge is 0.384 e. The number of hydrogen-bond donors (Lipinski definition) is 0. The fraction of sp³-hybridized carbons (Fsp3) is 0.538. The van der Waals surface area contributed by atoms with Crippen LogP contribution in [0.2, 0.25) is 6.04 Å². The average Bonchev–Trinajstić information content (AvgIpc) is 2.28. The van der Waals surface area contributed by atoms with Crippen LogP contribution in [0.4, 0.5) is 0 Å². The van der Waals surface area contributed by atoms with Gasteiger partial charge < -0.3 is 8.85 Å². The van der Waals surface area contributed by atoms with Crippen molar-refractivity contribution in [3.05, 3.63) is 34.9 Å². The van der Waals surface area contributed by atoms with Gasteiger partial charge in [0.25, 0.3) is 0 Å². The molecule has 16 heavy (non-hydrogen) atoms. The lowest BCUT2D eigenvalue weighted by Gasteiger charge is -2.18. The third kappa shape index (κ3) is 3.44. The van der Waals surface area contributed by atoms with E-state index in [4.69, 9.17) is 8.85 Å². The van der Waals surface area contributed by atoms with Crippen LogP contribution in [0, 0.1) is 13.8 Å². The third-order valence-corrected chi connectivity index (χ3v) is 4.75. The summed E-state index contributed by atoms with van der Waals surface area (Å²) in [5.74, 6) is 0.494. The van der Waals surface area contributed by atoms with Crippen LogP contribution in [0.1, 0.15) is 29.5 Å². The normalized spacial score (nSPS) is 13.1. The molecule has 1 atom stereocenters. The van der Waals surface area contributed by atoms with E-state index >= 15 is 0 Å². The van der Waals surface area contributed by atoms with E-state index in [1.54, 1.807) is 14.2 Å². The zero-order valence-electron chi connectivity index (χ0n) is 10.8. The maximum Gasteiger partial charge on any atom is 0.384 e. The van der Waals surface area contributed by atoms with Gasteiger partial charge in [-0.25, -0.2) is 0 Å². The maximum absolute atomic E-state index is 5.34. The maximum atomic E-state index is 5.34. The van der Waals surface area contributed by atoms with Gasteiger partial charge in [-0.05, 0) is 36.9 Å². The van der Waals surface area contributed by atoms with Crippen LogP contribution in [0.3, 0.4) is 0 Å². The number of hydrogen-bond acceptors (Lipinski definition) is 2. The van der Waals surface area contributed by atoms with E-state index in [9.17, 15) is 0 Å². The highest BCUT2D eigenvalue weighted by molar-refractivity contribution is 6.44. The Morgan fingerprint density at radius 2 is 1.81 bits per heavy atom. The molecule has 0 saturated heterocycles. The van der Waals surface area contributed by atoms with E-state index in [1.165, 1.54) is 16.7 Å². The predicted molar refractivity (Wildman–Crippen MR) is 68.9 cm³/mol. The molecule has 0 aliphatic heterocycles. The highest BCUT2D eigenvalue weighted by atomic mass is 28.3. The van der Waals surface area contributed by atoms with E-state index in [0.717, 1.165) is 6.04 Å². The van der Waals surface area contributed by atoms with Gasteiger partial charge >= 0.3 is 9.28 Å². The van der Waals surface area contributed by atoms with Crippen molar-refractivity contribution in [2.24, 2.45) is 0 Å². The van der Waals surface area contributed by atoms with E-state index in [1.807, 2.05) is 0 Å². The summed E-state index contributed by atoms with van der Waals surface area (Å²) < 4.78 is 10.7. The van der Waals surface area contributed by atoms with Gasteiger partial charge in [0.05, 0.1) is 0 Å². The van der Waals surface area contributed by atoms with Crippen LogP contribution in [0.15, 0.2) is 18.2 Å². The van der Waals surface area contributed by atoms with Crippen LogP contribution in [0.5, 0.6) is 0 Å². The highest BCUT2D eigenvalue weighted by Gasteiger charge is 2.19. The molecule has 0 fully saturated rings. The fourth-order valence-corrected chi connectivity index (χ4v) is 3.12. The molecule has 1 aromatic rings. The van der Waals surface area contributed by atoms with Gasteiger partial charge in [0.1, 0.15) is 0 Å². The summed E-state index contributed by atoms with van der Waals surface area (Å²) in [7, 11) is 2.36. The topological polar surface area (TPSA) is 18.5 Å². The van der Waals surface area contributed by atoms with Gasteiger partial charge in [-0.3, -0.25) is 0 Å². The third-order valence-electron chi connectivity index (χ3n) is 2.89. The second-order valence-corrected chi connectivity index (χ2v) is 6.21. The molecule has 0 aliphatic carbocycles. The minimum atomic E-state index is -1.10. The molecule has 1 radical (unpaired) electrons. The summed E-state index contributed by atoms with van der Waals surface area (Å²) in [6, 6.07) is 7.60. The SMILES string of the molecule is CO[Si](CC(C)c1cc(C)ccc1C)OC. The largest absolute Gasteiger partial charge is 0.397 e. The summed E-state index contributed by atoms with van der Waals surface area (Å²) in [6.45, 7) is 6.54. The standard InChI is InChI=1S/C13H21O2Si/c1-10-6-7-11(2)13(8-10)12(3)9-16(14-4)15-5/h6-8,12H,9H2,1-5H3. The first kappa shape index (κ1) is 13.4. The van der Waals surface area contributed by atoms with Crippen LogP contribution >= 0.6 is 0 Å². The molecule has 0 aromatic heterocycles. The lowest BCUT2D eigenvalue weighted by atomic mass is 9.96. The molecule has 0 N–H and O–H groups in total. The molecular formula is C13H21O2Si. The Balaban J connectivity index is 2.79. The van der Waals surface area contributed by atoms with E-state index < -0.39 is 9.28 Å². The molecular weight excluding hydrogens is 216 g/mol. The summed E-state index contributed by atoms with van der Waals surface area (Å²) >= 11 is 0. The number of rotatable bonds is 5.